The molecule has 0 radical (unpaired) electrons. The molecule has 0 fully saturated rings. The number of hydrogen-bond acceptors (Lipinski definition) is 7. The van der Waals surface area contributed by atoms with Gasteiger partial charge in [0.25, 0.3) is 5.91 Å². The van der Waals surface area contributed by atoms with Gasteiger partial charge in [-0.1, -0.05) is 48.5 Å². The molecule has 3 aromatic rings. The van der Waals surface area contributed by atoms with Crippen molar-refractivity contribution in [1.82, 2.24) is 5.32 Å². The zero-order valence-electron chi connectivity index (χ0n) is 23.4. The van der Waals surface area contributed by atoms with E-state index in [0.717, 1.165) is 19.3 Å². The topological polar surface area (TPSA) is 114 Å². The van der Waals surface area contributed by atoms with Gasteiger partial charge in [0.1, 0.15) is 11.9 Å². The summed E-state index contributed by atoms with van der Waals surface area (Å²) in [7, 11) is -3.64. The summed E-state index contributed by atoms with van der Waals surface area (Å²) in [6.07, 6.45) is 2.44. The Balaban J connectivity index is 1.49. The van der Waals surface area contributed by atoms with E-state index in [4.69, 9.17) is 19.6 Å². The van der Waals surface area contributed by atoms with Gasteiger partial charge in [0.05, 0.1) is 17.3 Å². The number of amides is 1. The van der Waals surface area contributed by atoms with Gasteiger partial charge in [-0.3, -0.25) is 4.79 Å². The summed E-state index contributed by atoms with van der Waals surface area (Å²) in [4.78, 5) is 18.7. The Kier molecular flexibility index (Phi) is 10.5. The molecule has 2 atom stereocenters. The van der Waals surface area contributed by atoms with E-state index in [1.807, 2.05) is 18.2 Å². The number of hydrogen-bond donors (Lipinski definition) is 2. The highest BCUT2D eigenvalue weighted by molar-refractivity contribution is 7.91. The molecule has 1 amide bonds. The number of unbranched alkanes of at least 4 members (excludes halogenated alkanes) is 1. The largest absolute Gasteiger partial charge is 0.494 e. The number of aryl methyl sites for hydroxylation is 1. The maximum absolute atomic E-state index is 13.7. The van der Waals surface area contributed by atoms with Crippen molar-refractivity contribution in [3.63, 3.8) is 0 Å². The van der Waals surface area contributed by atoms with E-state index >= 15 is 0 Å². The summed E-state index contributed by atoms with van der Waals surface area (Å²) >= 11 is 0. The third-order valence-electron chi connectivity index (χ3n) is 7.20. The number of nitrogens with one attached hydrogen (secondary N) is 1. The molecule has 1 heterocycles. The van der Waals surface area contributed by atoms with Crippen molar-refractivity contribution in [3.05, 3.63) is 96.1 Å². The van der Waals surface area contributed by atoms with Crippen LogP contribution in [0.25, 0.3) is 0 Å². The summed E-state index contributed by atoms with van der Waals surface area (Å²) in [5.41, 5.74) is 0.514. The third-order valence-corrected chi connectivity index (χ3v) is 8.93. The highest BCUT2D eigenvalue weighted by Crippen LogP contribution is 2.33. The number of nitrogens with zero attached hydrogens (tertiary/aromatic N) is 1. The van der Waals surface area contributed by atoms with E-state index in [-0.39, 0.29) is 35.5 Å². The minimum atomic E-state index is -3.64. The predicted molar refractivity (Wildman–Crippen MR) is 159 cm³/mol. The Morgan fingerprint density at radius 2 is 1.66 bits per heavy atom. The van der Waals surface area contributed by atoms with Gasteiger partial charge in [-0.25, -0.2) is 13.4 Å². The van der Waals surface area contributed by atoms with Gasteiger partial charge in [-0.2, -0.15) is 0 Å². The fourth-order valence-corrected chi connectivity index (χ4v) is 6.13. The lowest BCUT2D eigenvalue weighted by Gasteiger charge is -2.28. The lowest BCUT2D eigenvalue weighted by Crippen LogP contribution is -2.52. The lowest BCUT2D eigenvalue weighted by molar-refractivity contribution is -0.128. The van der Waals surface area contributed by atoms with Crippen LogP contribution in [0.4, 0.5) is 0 Å². The van der Waals surface area contributed by atoms with Gasteiger partial charge < -0.3 is 19.9 Å². The van der Waals surface area contributed by atoms with Crippen LogP contribution in [0.5, 0.6) is 5.75 Å². The predicted octanol–water partition coefficient (Wildman–Crippen LogP) is 4.36. The SMILES string of the molecule is C[C@H]1OC(c2ccc(OCCCO)cc2)=N[C@@]1(CCS(=O)(=O)c1ccccc1)C(=O)NCCCCc1ccccc1. The molecule has 0 bridgehead atoms. The van der Waals surface area contributed by atoms with Crippen LogP contribution in [0.15, 0.2) is 94.8 Å². The molecule has 0 saturated heterocycles. The third kappa shape index (κ3) is 7.95. The summed E-state index contributed by atoms with van der Waals surface area (Å²) in [6, 6.07) is 25.6. The minimum Gasteiger partial charge on any atom is -0.494 e. The van der Waals surface area contributed by atoms with Crippen molar-refractivity contribution < 1.29 is 27.8 Å². The first kappa shape index (κ1) is 30.3. The van der Waals surface area contributed by atoms with Crippen LogP contribution in [-0.4, -0.2) is 62.5 Å². The fraction of sp³-hybridized carbons (Fsp3) is 0.375. The minimum absolute atomic E-state index is 0.0207. The van der Waals surface area contributed by atoms with E-state index in [1.165, 1.54) is 5.56 Å². The molecule has 8 nitrogen and oxygen atoms in total. The maximum Gasteiger partial charge on any atom is 0.251 e. The first-order valence-electron chi connectivity index (χ1n) is 14.0. The highest BCUT2D eigenvalue weighted by Gasteiger charge is 2.50. The van der Waals surface area contributed by atoms with Gasteiger partial charge in [0.2, 0.25) is 5.90 Å². The van der Waals surface area contributed by atoms with Crippen LogP contribution >= 0.6 is 0 Å². The summed E-state index contributed by atoms with van der Waals surface area (Å²) < 4.78 is 38.0. The molecule has 0 aromatic heterocycles. The Labute approximate surface area is 242 Å². The quantitative estimate of drug-likeness (QED) is 0.259. The van der Waals surface area contributed by atoms with Crippen LogP contribution in [-0.2, 0) is 25.8 Å². The van der Waals surface area contributed by atoms with Gasteiger partial charge in [-0.15, -0.1) is 0 Å². The van der Waals surface area contributed by atoms with Crippen LogP contribution in [0.2, 0.25) is 0 Å². The summed E-state index contributed by atoms with van der Waals surface area (Å²) in [5.74, 6) is 0.338. The number of sulfone groups is 1. The van der Waals surface area contributed by atoms with E-state index < -0.39 is 21.5 Å². The molecule has 3 aromatic carbocycles. The summed E-state index contributed by atoms with van der Waals surface area (Å²) in [5, 5.41) is 12.0. The fourth-order valence-electron chi connectivity index (χ4n) is 4.74. The number of aliphatic imine (C=N–C) groups is 1. The van der Waals surface area contributed by atoms with Crippen LogP contribution < -0.4 is 10.1 Å². The van der Waals surface area contributed by atoms with Crippen molar-refractivity contribution in [2.24, 2.45) is 4.99 Å². The van der Waals surface area contributed by atoms with Crippen LogP contribution in [0.3, 0.4) is 0 Å². The first-order chi connectivity index (χ1) is 19.8. The van der Waals surface area contributed by atoms with Gasteiger partial charge in [-0.05, 0) is 74.6 Å². The van der Waals surface area contributed by atoms with E-state index in [2.05, 4.69) is 17.4 Å². The molecule has 2 N–H and O–H groups in total. The van der Waals surface area contributed by atoms with Gasteiger partial charge >= 0.3 is 0 Å². The second-order valence-corrected chi connectivity index (χ2v) is 12.2. The standard InChI is InChI=1S/C32H38N2O6S/c1-25-32(20-24-41(37,38)29-14-6-3-7-15-29,31(36)33-21-9-8-13-26-11-4-2-5-12-26)34-30(40-25)27-16-18-28(19-17-27)39-23-10-22-35/h2-7,11-12,14-19,25,35H,8-10,13,20-24H2,1H3,(H,33,36)/t25-,32-/m1/s1. The molecule has 0 unspecified atom stereocenters. The number of ether oxygens (including phenoxy) is 2. The first-order valence-corrected chi connectivity index (χ1v) is 15.7. The average Bonchev–Trinajstić information content (AvgIpc) is 3.34. The zero-order chi connectivity index (χ0) is 29.1. The highest BCUT2D eigenvalue weighted by atomic mass is 32.2. The number of aliphatic hydroxyl groups excluding tert-OH is 1. The lowest BCUT2D eigenvalue weighted by atomic mass is 9.90. The molecular weight excluding hydrogens is 540 g/mol. The molecule has 9 heteroatoms. The van der Waals surface area contributed by atoms with Gasteiger partial charge in [0.15, 0.2) is 15.4 Å². The number of aliphatic hydroxyl groups is 1. The number of rotatable bonds is 15. The monoisotopic (exact) mass is 578 g/mol. The van der Waals surface area contributed by atoms with Crippen molar-refractivity contribution in [2.75, 3.05) is 25.5 Å². The number of carbonyl (C=O) groups excluding carboxylic acids is 1. The van der Waals surface area contributed by atoms with Crippen molar-refractivity contribution >= 4 is 21.6 Å². The molecule has 41 heavy (non-hydrogen) atoms. The molecular formula is C32H38N2O6S. The molecule has 0 aliphatic carbocycles. The molecule has 0 saturated carbocycles. The van der Waals surface area contributed by atoms with E-state index in [9.17, 15) is 13.2 Å². The zero-order valence-corrected chi connectivity index (χ0v) is 24.2. The van der Waals surface area contributed by atoms with Crippen LogP contribution in [0.1, 0.15) is 43.7 Å². The Bertz CT molecular complexity index is 1400. The van der Waals surface area contributed by atoms with E-state index in [0.29, 0.717) is 30.9 Å². The van der Waals surface area contributed by atoms with Crippen LogP contribution in [0, 0.1) is 0 Å². The van der Waals surface area contributed by atoms with Crippen molar-refractivity contribution in [1.29, 1.82) is 0 Å². The van der Waals surface area contributed by atoms with E-state index in [1.54, 1.807) is 61.5 Å². The van der Waals surface area contributed by atoms with Crippen molar-refractivity contribution in [2.45, 2.75) is 55.6 Å². The molecule has 0 spiro atoms. The number of benzene rings is 3. The Hall–Kier alpha value is -3.69. The summed E-state index contributed by atoms with van der Waals surface area (Å²) in [6.45, 7) is 2.66. The van der Waals surface area contributed by atoms with Gasteiger partial charge in [0, 0.05) is 25.1 Å². The average molecular weight is 579 g/mol. The number of carbonyl (C=O) groups is 1. The Morgan fingerprint density at radius 3 is 2.34 bits per heavy atom. The molecule has 1 aliphatic rings. The normalized spacial score (nSPS) is 18.4. The molecule has 218 valence electrons. The maximum atomic E-state index is 13.7. The smallest absolute Gasteiger partial charge is 0.251 e. The second kappa shape index (κ2) is 14.3. The second-order valence-electron chi connectivity index (χ2n) is 10.1. The van der Waals surface area contributed by atoms with Crippen molar-refractivity contribution in [3.8, 4) is 5.75 Å². The molecule has 4 rings (SSSR count). The Morgan fingerprint density at radius 1 is 0.976 bits per heavy atom. The molecule has 1 aliphatic heterocycles.